The highest BCUT2D eigenvalue weighted by Crippen LogP contribution is 2.36. The SMILES string of the molecule is CCCCOC(=O)C1CSC(CC(C)C)N1C(=O)c1cccc2ccccc12. The maximum atomic E-state index is 13.6. The number of esters is 1. The van der Waals surface area contributed by atoms with Crippen molar-refractivity contribution in [2.24, 2.45) is 5.92 Å². The first-order valence-corrected chi connectivity index (χ1v) is 11.2. The monoisotopic (exact) mass is 399 g/mol. The summed E-state index contributed by atoms with van der Waals surface area (Å²) in [5.74, 6) is 0.680. The van der Waals surface area contributed by atoms with Crippen LogP contribution in [0.3, 0.4) is 0 Å². The van der Waals surface area contributed by atoms with Crippen molar-refractivity contribution in [2.45, 2.75) is 51.4 Å². The highest BCUT2D eigenvalue weighted by atomic mass is 32.2. The molecule has 2 aromatic carbocycles. The molecule has 1 saturated heterocycles. The lowest BCUT2D eigenvalue weighted by Gasteiger charge is -2.29. The Morgan fingerprint density at radius 1 is 1.18 bits per heavy atom. The minimum atomic E-state index is -0.517. The highest BCUT2D eigenvalue weighted by molar-refractivity contribution is 8.00. The summed E-state index contributed by atoms with van der Waals surface area (Å²) in [4.78, 5) is 28.1. The van der Waals surface area contributed by atoms with E-state index in [0.717, 1.165) is 30.0 Å². The summed E-state index contributed by atoms with van der Waals surface area (Å²) < 4.78 is 5.48. The van der Waals surface area contributed by atoms with Crippen LogP contribution in [0.5, 0.6) is 0 Å². The van der Waals surface area contributed by atoms with Crippen LogP contribution >= 0.6 is 11.8 Å². The zero-order chi connectivity index (χ0) is 20.1. The molecule has 0 radical (unpaired) electrons. The molecule has 3 rings (SSSR count). The van der Waals surface area contributed by atoms with Crippen molar-refractivity contribution in [1.29, 1.82) is 0 Å². The van der Waals surface area contributed by atoms with Gasteiger partial charge in [0.1, 0.15) is 6.04 Å². The number of hydrogen-bond acceptors (Lipinski definition) is 4. The molecule has 0 bridgehead atoms. The molecule has 1 heterocycles. The van der Waals surface area contributed by atoms with E-state index >= 15 is 0 Å². The Bertz CT molecular complexity index is 830. The standard InChI is InChI=1S/C23H29NO3S/c1-4-5-13-27-23(26)20-15-28-21(14-16(2)3)24(20)22(25)19-12-8-10-17-9-6-7-11-18(17)19/h6-12,16,20-21H,4-5,13-15H2,1-3H3. The van der Waals surface area contributed by atoms with Crippen LogP contribution in [-0.4, -0.2) is 40.6 Å². The lowest BCUT2D eigenvalue weighted by molar-refractivity contribution is -0.148. The molecule has 0 aliphatic carbocycles. The lowest BCUT2D eigenvalue weighted by atomic mass is 10.0. The predicted molar refractivity (Wildman–Crippen MR) is 115 cm³/mol. The van der Waals surface area contributed by atoms with Gasteiger partial charge in [0.15, 0.2) is 0 Å². The third kappa shape index (κ3) is 4.52. The van der Waals surface area contributed by atoms with Gasteiger partial charge in [-0.15, -0.1) is 11.8 Å². The molecule has 0 saturated carbocycles. The van der Waals surface area contributed by atoms with Gasteiger partial charge in [0.2, 0.25) is 0 Å². The normalized spacial score (nSPS) is 19.4. The van der Waals surface area contributed by atoms with Gasteiger partial charge in [-0.2, -0.15) is 0 Å². The van der Waals surface area contributed by atoms with Gasteiger partial charge in [-0.25, -0.2) is 4.79 Å². The first-order valence-electron chi connectivity index (χ1n) is 10.1. The molecule has 0 spiro atoms. The van der Waals surface area contributed by atoms with Gasteiger partial charge >= 0.3 is 5.97 Å². The van der Waals surface area contributed by atoms with Crippen LogP contribution in [0.4, 0.5) is 0 Å². The van der Waals surface area contributed by atoms with Crippen LogP contribution in [0, 0.1) is 5.92 Å². The van der Waals surface area contributed by atoms with E-state index in [1.165, 1.54) is 0 Å². The second kappa shape index (κ2) is 9.46. The molecule has 1 aliphatic heterocycles. The van der Waals surface area contributed by atoms with Crippen LogP contribution in [0.2, 0.25) is 0 Å². The van der Waals surface area contributed by atoms with Crippen molar-refractivity contribution in [3.8, 4) is 0 Å². The number of hydrogen-bond donors (Lipinski definition) is 0. The fraction of sp³-hybridized carbons (Fsp3) is 0.478. The smallest absolute Gasteiger partial charge is 0.329 e. The number of fused-ring (bicyclic) bond motifs is 1. The maximum absolute atomic E-state index is 13.6. The number of carbonyl (C=O) groups is 2. The first-order chi connectivity index (χ1) is 13.5. The van der Waals surface area contributed by atoms with Gasteiger partial charge in [-0.3, -0.25) is 4.79 Å². The topological polar surface area (TPSA) is 46.6 Å². The minimum Gasteiger partial charge on any atom is -0.464 e. The molecule has 2 atom stereocenters. The summed E-state index contributed by atoms with van der Waals surface area (Å²) in [7, 11) is 0. The van der Waals surface area contributed by atoms with E-state index < -0.39 is 6.04 Å². The zero-order valence-corrected chi connectivity index (χ0v) is 17.7. The summed E-state index contributed by atoms with van der Waals surface area (Å²) in [5, 5.41) is 1.95. The van der Waals surface area contributed by atoms with Crippen LogP contribution in [0.1, 0.15) is 50.4 Å². The summed E-state index contributed by atoms with van der Waals surface area (Å²) >= 11 is 1.69. The van der Waals surface area contributed by atoms with E-state index in [2.05, 4.69) is 20.8 Å². The summed E-state index contributed by atoms with van der Waals surface area (Å²) in [6.45, 7) is 6.78. The molecule has 150 valence electrons. The molecule has 1 amide bonds. The Labute approximate surface area is 171 Å². The van der Waals surface area contributed by atoms with Gasteiger partial charge in [0, 0.05) is 11.3 Å². The lowest BCUT2D eigenvalue weighted by Crippen LogP contribution is -2.46. The third-order valence-electron chi connectivity index (χ3n) is 5.03. The van der Waals surface area contributed by atoms with E-state index in [0.29, 0.717) is 23.8 Å². The van der Waals surface area contributed by atoms with Crippen molar-refractivity contribution >= 4 is 34.4 Å². The van der Waals surface area contributed by atoms with Crippen molar-refractivity contribution in [1.82, 2.24) is 4.90 Å². The second-order valence-electron chi connectivity index (χ2n) is 7.69. The zero-order valence-electron chi connectivity index (χ0n) is 16.9. The largest absolute Gasteiger partial charge is 0.464 e. The fourth-order valence-corrected chi connectivity index (χ4v) is 5.19. The Morgan fingerprint density at radius 3 is 2.68 bits per heavy atom. The van der Waals surface area contributed by atoms with Crippen LogP contribution in [0.25, 0.3) is 10.8 Å². The van der Waals surface area contributed by atoms with E-state index in [4.69, 9.17) is 4.74 Å². The number of carbonyl (C=O) groups excluding carboxylic acids is 2. The average molecular weight is 400 g/mol. The average Bonchev–Trinajstić information content (AvgIpc) is 3.10. The summed E-state index contributed by atoms with van der Waals surface area (Å²) in [5.41, 5.74) is 0.653. The maximum Gasteiger partial charge on any atom is 0.329 e. The molecule has 4 nitrogen and oxygen atoms in total. The Hall–Kier alpha value is -2.01. The van der Waals surface area contributed by atoms with E-state index in [9.17, 15) is 9.59 Å². The molecule has 1 aliphatic rings. The van der Waals surface area contributed by atoms with Crippen molar-refractivity contribution in [3.05, 3.63) is 48.0 Å². The van der Waals surface area contributed by atoms with E-state index in [1.807, 2.05) is 42.5 Å². The molecule has 2 unspecified atom stereocenters. The third-order valence-corrected chi connectivity index (χ3v) is 6.35. The molecule has 5 heteroatoms. The number of benzene rings is 2. The predicted octanol–water partition coefficient (Wildman–Crippen LogP) is 5.11. The van der Waals surface area contributed by atoms with Crippen molar-refractivity contribution in [3.63, 3.8) is 0 Å². The fourth-order valence-electron chi connectivity index (χ4n) is 3.57. The van der Waals surface area contributed by atoms with Crippen molar-refractivity contribution in [2.75, 3.05) is 12.4 Å². The van der Waals surface area contributed by atoms with Crippen LogP contribution in [-0.2, 0) is 9.53 Å². The number of unbranched alkanes of at least 4 members (excludes halogenated alkanes) is 1. The number of thioether (sulfide) groups is 1. The van der Waals surface area contributed by atoms with Crippen LogP contribution in [0.15, 0.2) is 42.5 Å². The number of amides is 1. The van der Waals surface area contributed by atoms with Gasteiger partial charge in [-0.1, -0.05) is 63.6 Å². The summed E-state index contributed by atoms with van der Waals surface area (Å²) in [6, 6.07) is 13.1. The Morgan fingerprint density at radius 2 is 1.93 bits per heavy atom. The first kappa shape index (κ1) is 20.7. The summed E-state index contributed by atoms with van der Waals surface area (Å²) in [6.07, 6.45) is 2.68. The second-order valence-corrected chi connectivity index (χ2v) is 8.90. The van der Waals surface area contributed by atoms with Gasteiger partial charge in [0.05, 0.1) is 12.0 Å². The van der Waals surface area contributed by atoms with E-state index in [-0.39, 0.29) is 17.3 Å². The number of nitrogens with zero attached hydrogens (tertiary/aromatic N) is 1. The molecular weight excluding hydrogens is 370 g/mol. The van der Waals surface area contributed by atoms with Crippen LogP contribution < -0.4 is 0 Å². The van der Waals surface area contributed by atoms with Gasteiger partial charge in [-0.05, 0) is 35.6 Å². The quantitative estimate of drug-likeness (QED) is 0.479. The number of rotatable bonds is 7. The molecule has 0 N–H and O–H groups in total. The van der Waals surface area contributed by atoms with Gasteiger partial charge < -0.3 is 9.64 Å². The molecular formula is C23H29NO3S. The molecule has 2 aromatic rings. The number of ether oxygens (including phenoxy) is 1. The molecule has 28 heavy (non-hydrogen) atoms. The molecule has 1 fully saturated rings. The van der Waals surface area contributed by atoms with Gasteiger partial charge in [0.25, 0.3) is 5.91 Å². The Kier molecular flexibility index (Phi) is 7.00. The Balaban J connectivity index is 1.91. The minimum absolute atomic E-state index is 0.00445. The van der Waals surface area contributed by atoms with Crippen molar-refractivity contribution < 1.29 is 14.3 Å². The highest BCUT2D eigenvalue weighted by Gasteiger charge is 2.43. The van der Waals surface area contributed by atoms with E-state index in [1.54, 1.807) is 16.7 Å². The molecule has 0 aromatic heterocycles.